The molecule has 0 radical (unpaired) electrons. The Morgan fingerprint density at radius 3 is 2.28 bits per heavy atom. The molecule has 36 heavy (non-hydrogen) atoms. The Balaban J connectivity index is 1.43. The molecule has 0 saturated carbocycles. The molecule has 2 aromatic heterocycles. The molecule has 190 valence electrons. The van der Waals surface area contributed by atoms with E-state index in [9.17, 15) is 18.0 Å². The van der Waals surface area contributed by atoms with Gasteiger partial charge in [0.1, 0.15) is 28.7 Å². The van der Waals surface area contributed by atoms with Gasteiger partial charge in [-0.05, 0) is 37.1 Å². The highest BCUT2D eigenvalue weighted by atomic mass is 19.4. The quantitative estimate of drug-likeness (QED) is 0.530. The molecule has 3 aromatic rings. The molecule has 0 bridgehead atoms. The number of hydrogen-bond donors (Lipinski definition) is 1. The number of carbonyl (C=O) groups excluding carboxylic acids is 1. The predicted molar refractivity (Wildman–Crippen MR) is 123 cm³/mol. The van der Waals surface area contributed by atoms with Gasteiger partial charge in [0.15, 0.2) is 11.5 Å². The Morgan fingerprint density at radius 2 is 1.67 bits per heavy atom. The molecule has 1 aromatic carbocycles. The molecule has 2 N–H and O–H groups in total. The monoisotopic (exact) mass is 503 g/mol. The maximum atomic E-state index is 13.1. The van der Waals surface area contributed by atoms with Crippen molar-refractivity contribution in [1.29, 1.82) is 0 Å². The number of ether oxygens (including phenoxy) is 3. The molecule has 0 atom stereocenters. The van der Waals surface area contributed by atoms with Gasteiger partial charge in [-0.1, -0.05) is 0 Å². The first-order chi connectivity index (χ1) is 17.2. The summed E-state index contributed by atoms with van der Waals surface area (Å²) >= 11 is 0. The van der Waals surface area contributed by atoms with Crippen LogP contribution in [-0.4, -0.2) is 53.3 Å². The fourth-order valence-electron chi connectivity index (χ4n) is 3.98. The lowest BCUT2D eigenvalue weighted by atomic mass is 9.92. The molecule has 1 fully saturated rings. The summed E-state index contributed by atoms with van der Waals surface area (Å²) in [5, 5.41) is 8.10. The smallest absolute Gasteiger partial charge is 0.416 e. The highest BCUT2D eigenvalue weighted by molar-refractivity contribution is 5.93. The summed E-state index contributed by atoms with van der Waals surface area (Å²) in [6.07, 6.45) is -1.81. The van der Waals surface area contributed by atoms with E-state index in [2.05, 4.69) is 15.2 Å². The van der Waals surface area contributed by atoms with E-state index in [0.29, 0.717) is 37.4 Å². The van der Waals surface area contributed by atoms with E-state index in [-0.39, 0.29) is 40.6 Å². The molecular formula is C24H24F3N5O4. The minimum atomic E-state index is -4.44. The Morgan fingerprint density at radius 1 is 1.00 bits per heavy atom. The normalized spacial score (nSPS) is 14.4. The molecule has 1 aliphatic heterocycles. The van der Waals surface area contributed by atoms with E-state index in [1.165, 1.54) is 31.5 Å². The lowest BCUT2D eigenvalue weighted by molar-refractivity contribution is -0.137. The molecule has 3 heterocycles. The Labute approximate surface area is 205 Å². The van der Waals surface area contributed by atoms with Crippen LogP contribution >= 0.6 is 0 Å². The number of rotatable bonds is 6. The second-order valence-corrected chi connectivity index (χ2v) is 8.13. The van der Waals surface area contributed by atoms with Gasteiger partial charge >= 0.3 is 6.18 Å². The van der Waals surface area contributed by atoms with Crippen LogP contribution in [0.3, 0.4) is 0 Å². The minimum absolute atomic E-state index is 0.0686. The average molecular weight is 503 g/mol. The predicted octanol–water partition coefficient (Wildman–Crippen LogP) is 4.30. The molecule has 12 heteroatoms. The van der Waals surface area contributed by atoms with Crippen LogP contribution in [0.15, 0.2) is 42.6 Å². The average Bonchev–Trinajstić information content (AvgIpc) is 2.88. The summed E-state index contributed by atoms with van der Waals surface area (Å²) in [4.78, 5) is 19.0. The van der Waals surface area contributed by atoms with E-state index in [0.717, 1.165) is 12.1 Å². The fraction of sp³-hybridized carbons (Fsp3) is 0.333. The van der Waals surface area contributed by atoms with Crippen molar-refractivity contribution >= 4 is 11.7 Å². The second kappa shape index (κ2) is 10.3. The van der Waals surface area contributed by atoms with Gasteiger partial charge in [-0.25, -0.2) is 4.98 Å². The first kappa shape index (κ1) is 25.0. The molecular weight excluding hydrogens is 479 g/mol. The number of halogens is 3. The van der Waals surface area contributed by atoms with E-state index in [1.807, 2.05) is 0 Å². The van der Waals surface area contributed by atoms with Gasteiger partial charge in [0.05, 0.1) is 26.0 Å². The van der Waals surface area contributed by atoms with Gasteiger partial charge in [-0.2, -0.15) is 13.2 Å². The van der Waals surface area contributed by atoms with E-state index < -0.39 is 11.7 Å². The Hall–Kier alpha value is -4.09. The molecule has 0 aliphatic carbocycles. The summed E-state index contributed by atoms with van der Waals surface area (Å²) < 4.78 is 54.6. The second-order valence-electron chi connectivity index (χ2n) is 8.13. The highest BCUT2D eigenvalue weighted by Crippen LogP contribution is 2.36. The van der Waals surface area contributed by atoms with Crippen LogP contribution in [0.4, 0.5) is 19.0 Å². The van der Waals surface area contributed by atoms with Gasteiger partial charge in [-0.15, -0.1) is 10.2 Å². The number of methoxy groups -OCH3 is 2. The van der Waals surface area contributed by atoms with Crippen molar-refractivity contribution in [3.8, 4) is 23.0 Å². The number of aromatic nitrogens is 3. The van der Waals surface area contributed by atoms with E-state index in [4.69, 9.17) is 19.9 Å². The third kappa shape index (κ3) is 5.42. The zero-order valence-corrected chi connectivity index (χ0v) is 19.6. The number of pyridine rings is 1. The number of piperidine rings is 1. The third-order valence-corrected chi connectivity index (χ3v) is 5.87. The lowest BCUT2D eigenvalue weighted by Gasteiger charge is -2.31. The molecule has 1 saturated heterocycles. The number of likely N-dealkylation sites (tertiary alicyclic amines) is 1. The highest BCUT2D eigenvalue weighted by Gasteiger charge is 2.31. The van der Waals surface area contributed by atoms with Crippen LogP contribution in [0.25, 0.3) is 0 Å². The molecule has 0 spiro atoms. The number of amides is 1. The largest absolute Gasteiger partial charge is 0.495 e. The Bertz CT molecular complexity index is 1230. The van der Waals surface area contributed by atoms with Crippen molar-refractivity contribution in [2.75, 3.05) is 33.0 Å². The number of carbonyl (C=O) groups is 1. The van der Waals surface area contributed by atoms with Crippen molar-refractivity contribution in [3.63, 3.8) is 0 Å². The number of anilines is 1. The van der Waals surface area contributed by atoms with Gasteiger partial charge in [0, 0.05) is 31.1 Å². The third-order valence-electron chi connectivity index (χ3n) is 5.87. The zero-order valence-electron chi connectivity index (χ0n) is 19.6. The molecule has 1 amide bonds. The summed E-state index contributed by atoms with van der Waals surface area (Å²) in [7, 11) is 2.94. The van der Waals surface area contributed by atoms with Gasteiger partial charge in [-0.3, -0.25) is 4.79 Å². The number of hydrogen-bond acceptors (Lipinski definition) is 8. The maximum absolute atomic E-state index is 13.1. The number of nitrogens with zero attached hydrogens (tertiary/aromatic N) is 4. The van der Waals surface area contributed by atoms with Crippen molar-refractivity contribution < 1.29 is 32.2 Å². The number of alkyl halides is 3. The van der Waals surface area contributed by atoms with Crippen LogP contribution in [0.2, 0.25) is 0 Å². The van der Waals surface area contributed by atoms with Crippen molar-refractivity contribution in [2.45, 2.75) is 24.9 Å². The van der Waals surface area contributed by atoms with E-state index >= 15 is 0 Å². The Kier molecular flexibility index (Phi) is 7.13. The first-order valence-corrected chi connectivity index (χ1v) is 11.0. The van der Waals surface area contributed by atoms with Crippen LogP contribution in [0.1, 0.15) is 40.5 Å². The molecule has 0 unspecified atom stereocenters. The van der Waals surface area contributed by atoms with Crippen LogP contribution in [-0.2, 0) is 6.18 Å². The fourth-order valence-corrected chi connectivity index (χ4v) is 3.98. The summed E-state index contributed by atoms with van der Waals surface area (Å²) in [6.45, 7) is 0.957. The van der Waals surface area contributed by atoms with Crippen LogP contribution < -0.4 is 19.9 Å². The standard InChI is InChI=1S/C24H24F3N5O4/c1-34-18-11-17(29-13-20(18)36-16-5-3-15(4-6-16)24(25,26)27)23(33)32-9-7-14(8-10-32)22-19(35-2)12-21(28)30-31-22/h3-6,11-14H,7-10H2,1-2H3,(H2,28,30). The molecule has 9 nitrogen and oxygen atoms in total. The van der Waals surface area contributed by atoms with E-state index in [1.54, 1.807) is 18.1 Å². The van der Waals surface area contributed by atoms with Crippen LogP contribution in [0, 0.1) is 0 Å². The zero-order chi connectivity index (χ0) is 25.9. The van der Waals surface area contributed by atoms with Crippen LogP contribution in [0.5, 0.6) is 23.0 Å². The van der Waals surface area contributed by atoms with Gasteiger partial charge < -0.3 is 24.8 Å². The minimum Gasteiger partial charge on any atom is -0.495 e. The number of benzene rings is 1. The summed E-state index contributed by atoms with van der Waals surface area (Å²) in [5.74, 6) is 1.20. The topological polar surface area (TPSA) is 113 Å². The lowest BCUT2D eigenvalue weighted by Crippen LogP contribution is -2.38. The summed E-state index contributed by atoms with van der Waals surface area (Å²) in [6, 6.07) is 7.31. The van der Waals surface area contributed by atoms with Gasteiger partial charge in [0.25, 0.3) is 5.91 Å². The molecule has 4 rings (SSSR count). The van der Waals surface area contributed by atoms with Crippen molar-refractivity contribution in [2.24, 2.45) is 0 Å². The molecule has 1 aliphatic rings. The van der Waals surface area contributed by atoms with Crippen molar-refractivity contribution in [1.82, 2.24) is 20.1 Å². The van der Waals surface area contributed by atoms with Crippen molar-refractivity contribution in [3.05, 3.63) is 59.5 Å². The number of nitrogens with two attached hydrogens (primary N) is 1. The van der Waals surface area contributed by atoms with Gasteiger partial charge in [0.2, 0.25) is 0 Å². The number of nitrogen functional groups attached to an aromatic ring is 1. The SMILES string of the molecule is COc1cc(C(=O)N2CCC(c3nnc(N)cc3OC)CC2)ncc1Oc1ccc(C(F)(F)F)cc1. The first-order valence-electron chi connectivity index (χ1n) is 11.0. The summed E-state index contributed by atoms with van der Waals surface area (Å²) in [5.41, 5.74) is 5.77. The maximum Gasteiger partial charge on any atom is 0.416 e.